The van der Waals surface area contributed by atoms with Gasteiger partial charge in [0, 0.05) is 29.2 Å². The number of aromatic amines is 1. The lowest BCUT2D eigenvalue weighted by Gasteiger charge is -2.30. The molecule has 1 amide bonds. The van der Waals surface area contributed by atoms with Gasteiger partial charge in [-0.25, -0.2) is 0 Å². The third kappa shape index (κ3) is 3.55. The molecule has 0 fully saturated rings. The van der Waals surface area contributed by atoms with Crippen molar-refractivity contribution in [1.82, 2.24) is 10.3 Å². The van der Waals surface area contributed by atoms with Crippen molar-refractivity contribution in [3.05, 3.63) is 30.0 Å². The first-order valence-electron chi connectivity index (χ1n) is 7.11. The molecular weight excluding hydrogens is 266 g/mol. The van der Waals surface area contributed by atoms with Gasteiger partial charge in [0.2, 0.25) is 0 Å². The van der Waals surface area contributed by atoms with E-state index in [1.165, 1.54) is 0 Å². The summed E-state index contributed by atoms with van der Waals surface area (Å²) < 4.78 is 0. The quantitative estimate of drug-likeness (QED) is 0.651. The van der Waals surface area contributed by atoms with Crippen LogP contribution in [0, 0.1) is 5.41 Å². The van der Waals surface area contributed by atoms with Gasteiger partial charge in [-0.15, -0.1) is 0 Å². The molecule has 1 heterocycles. The second kappa shape index (κ2) is 5.77. The molecule has 1 atom stereocenters. The van der Waals surface area contributed by atoms with E-state index in [4.69, 9.17) is 10.8 Å². The molecule has 2 aromatic rings. The first kappa shape index (κ1) is 15.4. The number of hydrogen-bond acceptors (Lipinski definition) is 3. The molecule has 21 heavy (non-hydrogen) atoms. The van der Waals surface area contributed by atoms with E-state index in [9.17, 15) is 4.79 Å². The largest absolute Gasteiger partial charge is 0.399 e. The van der Waals surface area contributed by atoms with Crippen LogP contribution in [0.25, 0.3) is 10.9 Å². The highest BCUT2D eigenvalue weighted by Gasteiger charge is 2.26. The molecule has 1 aromatic carbocycles. The second-order valence-corrected chi connectivity index (χ2v) is 6.43. The number of aliphatic hydroxyl groups excluding tert-OH is 1. The highest BCUT2D eigenvalue weighted by atomic mass is 16.3. The molecule has 0 spiro atoms. The van der Waals surface area contributed by atoms with Gasteiger partial charge in [0.1, 0.15) is 5.69 Å². The van der Waals surface area contributed by atoms with E-state index in [2.05, 4.69) is 10.3 Å². The van der Waals surface area contributed by atoms with Gasteiger partial charge in [0.15, 0.2) is 0 Å². The highest BCUT2D eigenvalue weighted by Crippen LogP contribution is 2.23. The van der Waals surface area contributed by atoms with Gasteiger partial charge in [0.25, 0.3) is 5.91 Å². The number of aromatic nitrogens is 1. The van der Waals surface area contributed by atoms with E-state index in [-0.39, 0.29) is 24.0 Å². The Morgan fingerprint density at radius 3 is 2.71 bits per heavy atom. The standard InChI is InChI=1S/C16H23N3O2/c1-16(2,3)14(6-7-20)19-15(21)13-9-10-8-11(17)4-5-12(10)18-13/h4-5,8-9,14,18,20H,6-7,17H2,1-3H3,(H,19,21). The zero-order valence-electron chi connectivity index (χ0n) is 12.7. The van der Waals surface area contributed by atoms with Crippen LogP contribution in [0.1, 0.15) is 37.7 Å². The van der Waals surface area contributed by atoms with Crippen molar-refractivity contribution in [2.75, 3.05) is 12.3 Å². The molecule has 0 saturated heterocycles. The maximum absolute atomic E-state index is 12.4. The van der Waals surface area contributed by atoms with Crippen molar-refractivity contribution in [2.24, 2.45) is 5.41 Å². The lowest BCUT2D eigenvalue weighted by Crippen LogP contribution is -2.44. The minimum atomic E-state index is -0.168. The van der Waals surface area contributed by atoms with Crippen LogP contribution in [0.5, 0.6) is 0 Å². The molecule has 5 N–H and O–H groups in total. The molecule has 0 aliphatic carbocycles. The molecule has 5 heteroatoms. The van der Waals surface area contributed by atoms with Gasteiger partial charge in [-0.3, -0.25) is 4.79 Å². The van der Waals surface area contributed by atoms with Gasteiger partial charge in [-0.05, 0) is 36.1 Å². The Hall–Kier alpha value is -2.01. The predicted octanol–water partition coefficient (Wildman–Crippen LogP) is 2.28. The highest BCUT2D eigenvalue weighted by molar-refractivity contribution is 5.98. The lowest BCUT2D eigenvalue weighted by atomic mass is 9.85. The molecule has 1 unspecified atom stereocenters. The van der Waals surface area contributed by atoms with Crippen molar-refractivity contribution in [2.45, 2.75) is 33.2 Å². The van der Waals surface area contributed by atoms with E-state index in [1.54, 1.807) is 12.1 Å². The van der Waals surface area contributed by atoms with Gasteiger partial charge < -0.3 is 21.1 Å². The summed E-state index contributed by atoms with van der Waals surface area (Å²) in [5.41, 5.74) is 7.68. The van der Waals surface area contributed by atoms with Crippen LogP contribution in [-0.4, -0.2) is 28.6 Å². The van der Waals surface area contributed by atoms with Gasteiger partial charge >= 0.3 is 0 Å². The first-order chi connectivity index (χ1) is 9.81. The molecule has 114 valence electrons. The monoisotopic (exact) mass is 289 g/mol. The van der Waals surface area contributed by atoms with E-state index in [0.29, 0.717) is 17.8 Å². The molecule has 2 rings (SSSR count). The number of H-pyrrole nitrogens is 1. The average molecular weight is 289 g/mol. The molecular formula is C16H23N3O2. The Bertz CT molecular complexity index is 640. The van der Waals surface area contributed by atoms with E-state index in [1.807, 2.05) is 32.9 Å². The van der Waals surface area contributed by atoms with Crippen molar-refractivity contribution >= 4 is 22.5 Å². The summed E-state index contributed by atoms with van der Waals surface area (Å²) in [5.74, 6) is -0.168. The van der Waals surface area contributed by atoms with Crippen molar-refractivity contribution in [3.63, 3.8) is 0 Å². The van der Waals surface area contributed by atoms with Crippen LogP contribution in [-0.2, 0) is 0 Å². The van der Waals surface area contributed by atoms with Crippen LogP contribution in [0.2, 0.25) is 0 Å². The number of fused-ring (bicyclic) bond motifs is 1. The molecule has 1 aromatic heterocycles. The average Bonchev–Trinajstić information content (AvgIpc) is 2.80. The maximum atomic E-state index is 12.4. The molecule has 0 radical (unpaired) electrons. The smallest absolute Gasteiger partial charge is 0.267 e. The molecule has 0 bridgehead atoms. The summed E-state index contributed by atoms with van der Waals surface area (Å²) in [4.78, 5) is 15.5. The van der Waals surface area contributed by atoms with Crippen LogP contribution in [0.15, 0.2) is 24.3 Å². The topological polar surface area (TPSA) is 91.1 Å². The Morgan fingerprint density at radius 1 is 1.38 bits per heavy atom. The summed E-state index contributed by atoms with van der Waals surface area (Å²) in [6, 6.07) is 7.18. The predicted molar refractivity (Wildman–Crippen MR) is 85.1 cm³/mol. The molecule has 0 aliphatic heterocycles. The summed E-state index contributed by atoms with van der Waals surface area (Å²) in [7, 11) is 0. The summed E-state index contributed by atoms with van der Waals surface area (Å²) in [5, 5.41) is 13.1. The second-order valence-electron chi connectivity index (χ2n) is 6.43. The Labute approximate surface area is 124 Å². The van der Waals surface area contributed by atoms with E-state index < -0.39 is 0 Å². The Kier molecular flexibility index (Phi) is 4.23. The SMILES string of the molecule is CC(C)(C)C(CCO)NC(=O)c1cc2cc(N)ccc2[nH]1. The van der Waals surface area contributed by atoms with E-state index in [0.717, 1.165) is 10.9 Å². The Morgan fingerprint density at radius 2 is 2.10 bits per heavy atom. The zero-order valence-corrected chi connectivity index (χ0v) is 12.7. The number of benzene rings is 1. The van der Waals surface area contributed by atoms with Crippen molar-refractivity contribution in [3.8, 4) is 0 Å². The minimum absolute atomic E-state index is 0.0471. The van der Waals surface area contributed by atoms with Crippen LogP contribution in [0.4, 0.5) is 5.69 Å². The lowest BCUT2D eigenvalue weighted by molar-refractivity contribution is 0.0881. The number of hydrogen-bond donors (Lipinski definition) is 4. The third-order valence-electron chi connectivity index (χ3n) is 3.66. The Balaban J connectivity index is 2.21. The zero-order chi connectivity index (χ0) is 15.6. The van der Waals surface area contributed by atoms with Crippen molar-refractivity contribution in [1.29, 1.82) is 0 Å². The van der Waals surface area contributed by atoms with Crippen LogP contribution < -0.4 is 11.1 Å². The minimum Gasteiger partial charge on any atom is -0.399 e. The number of amides is 1. The fraction of sp³-hybridized carbons (Fsp3) is 0.438. The number of carbonyl (C=O) groups excluding carboxylic acids is 1. The fourth-order valence-electron chi connectivity index (χ4n) is 2.36. The summed E-state index contributed by atoms with van der Waals surface area (Å²) in [6.45, 7) is 6.17. The number of anilines is 1. The third-order valence-corrected chi connectivity index (χ3v) is 3.66. The van der Waals surface area contributed by atoms with Crippen LogP contribution >= 0.6 is 0 Å². The van der Waals surface area contributed by atoms with Gasteiger partial charge in [-0.2, -0.15) is 0 Å². The van der Waals surface area contributed by atoms with Gasteiger partial charge in [-0.1, -0.05) is 20.8 Å². The number of aliphatic hydroxyl groups is 1. The van der Waals surface area contributed by atoms with E-state index >= 15 is 0 Å². The fourth-order valence-corrected chi connectivity index (χ4v) is 2.36. The number of nitrogens with one attached hydrogen (secondary N) is 2. The summed E-state index contributed by atoms with van der Waals surface area (Å²) >= 11 is 0. The number of nitrogens with two attached hydrogens (primary N) is 1. The number of nitrogen functional groups attached to an aromatic ring is 1. The normalized spacial score (nSPS) is 13.3. The molecule has 5 nitrogen and oxygen atoms in total. The molecule has 0 aliphatic rings. The maximum Gasteiger partial charge on any atom is 0.267 e. The van der Waals surface area contributed by atoms with Crippen LogP contribution in [0.3, 0.4) is 0 Å². The van der Waals surface area contributed by atoms with Gasteiger partial charge in [0.05, 0.1) is 0 Å². The summed E-state index contributed by atoms with van der Waals surface area (Å²) in [6.07, 6.45) is 0.530. The van der Waals surface area contributed by atoms with Crippen molar-refractivity contribution < 1.29 is 9.90 Å². The molecule has 0 saturated carbocycles. The number of carbonyl (C=O) groups is 1. The number of rotatable bonds is 4. The first-order valence-corrected chi connectivity index (χ1v) is 7.11.